The number of carbonyl (C=O) groups is 2. The number of ether oxygens (including phenoxy) is 1. The third-order valence-corrected chi connectivity index (χ3v) is 4.78. The van der Waals surface area contributed by atoms with Gasteiger partial charge in [0.1, 0.15) is 0 Å². The lowest BCUT2D eigenvalue weighted by atomic mass is 10.1. The summed E-state index contributed by atoms with van der Waals surface area (Å²) in [6, 6.07) is 6.16. The van der Waals surface area contributed by atoms with Crippen LogP contribution in [0.3, 0.4) is 0 Å². The lowest BCUT2D eigenvalue weighted by molar-refractivity contribution is 0.0487. The van der Waals surface area contributed by atoms with Crippen LogP contribution in [-0.4, -0.2) is 23.7 Å². The Bertz CT molecular complexity index is 592. The lowest BCUT2D eigenvalue weighted by Gasteiger charge is -2.07. The second kappa shape index (κ2) is 15.9. The maximum absolute atomic E-state index is 12.0. The Labute approximate surface area is 170 Å². The molecule has 4 nitrogen and oxygen atoms in total. The Balaban J connectivity index is 1.96. The van der Waals surface area contributed by atoms with Crippen LogP contribution in [0.25, 0.3) is 0 Å². The monoisotopic (exact) mass is 388 g/mol. The number of esters is 1. The standard InChI is InChI=1S/C24H36O4/c1-2-3-4-5-6-7-8-9-10-11-12-13-14-17-20-28-24(27)22-19-16-15-18-21(22)23(25)26/h3-4,15-16,18-19H,2,5-14,17,20H2,1H3,(H,25,26)/b4-3+. The molecule has 28 heavy (non-hydrogen) atoms. The number of unbranched alkanes of at least 4 members (excludes halogenated alkanes) is 10. The average molecular weight is 389 g/mol. The van der Waals surface area contributed by atoms with Crippen LogP contribution in [0, 0.1) is 0 Å². The van der Waals surface area contributed by atoms with Crippen molar-refractivity contribution in [3.8, 4) is 0 Å². The predicted molar refractivity (Wildman–Crippen MR) is 114 cm³/mol. The molecule has 156 valence electrons. The van der Waals surface area contributed by atoms with E-state index in [9.17, 15) is 9.59 Å². The summed E-state index contributed by atoms with van der Waals surface area (Å²) in [5.74, 6) is -1.66. The van der Waals surface area contributed by atoms with E-state index in [-0.39, 0.29) is 11.1 Å². The predicted octanol–water partition coefficient (Wildman–Crippen LogP) is 6.80. The van der Waals surface area contributed by atoms with Crippen molar-refractivity contribution < 1.29 is 19.4 Å². The van der Waals surface area contributed by atoms with Crippen LogP contribution in [0.2, 0.25) is 0 Å². The Morgan fingerprint density at radius 3 is 1.93 bits per heavy atom. The number of aromatic carboxylic acids is 1. The first-order valence-electron chi connectivity index (χ1n) is 10.8. The quantitative estimate of drug-likeness (QED) is 0.192. The SMILES string of the molecule is CC/C=C/CCCCCCCCCCCCOC(=O)c1ccccc1C(=O)O. The Morgan fingerprint density at radius 2 is 1.36 bits per heavy atom. The summed E-state index contributed by atoms with van der Waals surface area (Å²) in [6.07, 6.45) is 19.1. The van der Waals surface area contributed by atoms with Crippen LogP contribution in [-0.2, 0) is 4.74 Å². The fraction of sp³-hybridized carbons (Fsp3) is 0.583. The third-order valence-electron chi connectivity index (χ3n) is 4.78. The van der Waals surface area contributed by atoms with E-state index in [0.717, 1.165) is 25.7 Å². The number of carboxylic acids is 1. The lowest BCUT2D eigenvalue weighted by Crippen LogP contribution is -2.12. The number of hydrogen-bond acceptors (Lipinski definition) is 3. The smallest absolute Gasteiger partial charge is 0.339 e. The molecule has 0 radical (unpaired) electrons. The Kier molecular flexibility index (Phi) is 13.6. The van der Waals surface area contributed by atoms with Crippen LogP contribution in [0.5, 0.6) is 0 Å². The van der Waals surface area contributed by atoms with Crippen molar-refractivity contribution in [2.24, 2.45) is 0 Å². The second-order valence-electron chi connectivity index (χ2n) is 7.19. The minimum atomic E-state index is -1.11. The molecule has 4 heteroatoms. The Morgan fingerprint density at radius 1 is 0.821 bits per heavy atom. The van der Waals surface area contributed by atoms with Gasteiger partial charge in [-0.2, -0.15) is 0 Å². The van der Waals surface area contributed by atoms with E-state index in [1.165, 1.54) is 63.5 Å². The Hall–Kier alpha value is -2.10. The number of rotatable bonds is 16. The maximum Gasteiger partial charge on any atom is 0.339 e. The number of carbonyl (C=O) groups excluding carboxylic acids is 1. The van der Waals surface area contributed by atoms with Crippen molar-refractivity contribution in [2.75, 3.05) is 6.61 Å². The van der Waals surface area contributed by atoms with E-state index in [1.54, 1.807) is 12.1 Å². The number of carboxylic acid groups (broad SMARTS) is 1. The molecule has 0 aliphatic rings. The van der Waals surface area contributed by atoms with Crippen LogP contribution in [0.1, 0.15) is 105 Å². The van der Waals surface area contributed by atoms with Gasteiger partial charge in [-0.3, -0.25) is 0 Å². The van der Waals surface area contributed by atoms with Gasteiger partial charge in [-0.25, -0.2) is 9.59 Å². The zero-order chi connectivity index (χ0) is 20.5. The fourth-order valence-corrected chi connectivity index (χ4v) is 3.15. The molecule has 0 heterocycles. The van der Waals surface area contributed by atoms with E-state index in [4.69, 9.17) is 9.84 Å². The van der Waals surface area contributed by atoms with Crippen molar-refractivity contribution >= 4 is 11.9 Å². The number of allylic oxidation sites excluding steroid dienone is 2. The van der Waals surface area contributed by atoms with Gasteiger partial charge < -0.3 is 9.84 Å². The van der Waals surface area contributed by atoms with Crippen molar-refractivity contribution in [3.05, 3.63) is 47.5 Å². The van der Waals surface area contributed by atoms with Crippen molar-refractivity contribution in [3.63, 3.8) is 0 Å². The molecule has 0 spiro atoms. The van der Waals surface area contributed by atoms with E-state index in [1.807, 2.05) is 0 Å². The number of benzene rings is 1. The second-order valence-corrected chi connectivity index (χ2v) is 7.19. The molecule has 0 aliphatic heterocycles. The van der Waals surface area contributed by atoms with Crippen molar-refractivity contribution in [1.29, 1.82) is 0 Å². The van der Waals surface area contributed by atoms with Crippen molar-refractivity contribution in [2.45, 2.75) is 84.0 Å². The maximum atomic E-state index is 12.0. The van der Waals surface area contributed by atoms with Crippen molar-refractivity contribution in [1.82, 2.24) is 0 Å². The molecule has 1 N–H and O–H groups in total. The highest BCUT2D eigenvalue weighted by Gasteiger charge is 2.16. The highest BCUT2D eigenvalue weighted by atomic mass is 16.5. The summed E-state index contributed by atoms with van der Waals surface area (Å²) in [4.78, 5) is 23.1. The van der Waals surface area contributed by atoms with Gasteiger partial charge in [0.15, 0.2) is 0 Å². The molecule has 0 fully saturated rings. The van der Waals surface area contributed by atoms with Crippen LogP contribution in [0.4, 0.5) is 0 Å². The van der Waals surface area contributed by atoms with Gasteiger partial charge in [0.2, 0.25) is 0 Å². The van der Waals surface area contributed by atoms with Gasteiger partial charge >= 0.3 is 11.9 Å². The average Bonchev–Trinajstić information content (AvgIpc) is 2.70. The normalized spacial score (nSPS) is 11.0. The first kappa shape index (κ1) is 23.9. The largest absolute Gasteiger partial charge is 0.478 e. The summed E-state index contributed by atoms with van der Waals surface area (Å²) < 4.78 is 5.22. The summed E-state index contributed by atoms with van der Waals surface area (Å²) in [5, 5.41) is 9.11. The van der Waals surface area contributed by atoms with Gasteiger partial charge in [-0.05, 0) is 37.8 Å². The van der Waals surface area contributed by atoms with E-state index < -0.39 is 11.9 Å². The highest BCUT2D eigenvalue weighted by Crippen LogP contribution is 2.13. The molecule has 1 aromatic carbocycles. The van der Waals surface area contributed by atoms with Gasteiger partial charge in [0.25, 0.3) is 0 Å². The zero-order valence-corrected chi connectivity index (χ0v) is 17.3. The van der Waals surface area contributed by atoms with Gasteiger partial charge in [0.05, 0.1) is 17.7 Å². The van der Waals surface area contributed by atoms with Crippen LogP contribution in [0.15, 0.2) is 36.4 Å². The molecule has 0 atom stereocenters. The molecule has 1 aromatic rings. The summed E-state index contributed by atoms with van der Waals surface area (Å²) in [7, 11) is 0. The highest BCUT2D eigenvalue weighted by molar-refractivity contribution is 6.02. The molecule has 0 aliphatic carbocycles. The summed E-state index contributed by atoms with van der Waals surface area (Å²) in [5.41, 5.74) is 0.112. The molecule has 0 unspecified atom stereocenters. The minimum Gasteiger partial charge on any atom is -0.478 e. The van der Waals surface area contributed by atoms with Gasteiger partial charge in [0, 0.05) is 0 Å². The van der Waals surface area contributed by atoms with Crippen LogP contribution < -0.4 is 0 Å². The minimum absolute atomic E-state index is 0.00933. The number of hydrogen-bond donors (Lipinski definition) is 1. The molecule has 0 aromatic heterocycles. The third kappa shape index (κ3) is 10.9. The van der Waals surface area contributed by atoms with E-state index in [2.05, 4.69) is 19.1 Å². The molecular formula is C24H36O4. The van der Waals surface area contributed by atoms with Crippen LogP contribution >= 0.6 is 0 Å². The fourth-order valence-electron chi connectivity index (χ4n) is 3.15. The molecule has 0 saturated carbocycles. The van der Waals surface area contributed by atoms with Gasteiger partial charge in [-0.1, -0.05) is 82.6 Å². The van der Waals surface area contributed by atoms with Gasteiger partial charge in [-0.15, -0.1) is 0 Å². The molecule has 0 saturated heterocycles. The van der Waals surface area contributed by atoms with E-state index in [0.29, 0.717) is 6.61 Å². The molecule has 1 rings (SSSR count). The topological polar surface area (TPSA) is 63.6 Å². The molecular weight excluding hydrogens is 352 g/mol. The first-order valence-corrected chi connectivity index (χ1v) is 10.8. The molecule has 0 bridgehead atoms. The first-order chi connectivity index (χ1) is 13.7. The van der Waals surface area contributed by atoms with E-state index >= 15 is 0 Å². The summed E-state index contributed by atoms with van der Waals surface area (Å²) in [6.45, 7) is 2.52. The zero-order valence-electron chi connectivity index (χ0n) is 17.3. The molecule has 0 amide bonds. The summed E-state index contributed by atoms with van der Waals surface area (Å²) >= 11 is 0.